The molecule has 5 unspecified atom stereocenters. The highest BCUT2D eigenvalue weighted by atomic mass is 14.7. The highest BCUT2D eigenvalue weighted by Crippen LogP contribution is 2.72. The summed E-state index contributed by atoms with van der Waals surface area (Å²) in [5, 5.41) is 0. The molecule has 0 bridgehead atoms. The Hall–Kier alpha value is -0.520. The summed E-state index contributed by atoms with van der Waals surface area (Å²) in [7, 11) is 0. The van der Waals surface area contributed by atoms with Crippen molar-refractivity contribution in [2.24, 2.45) is 45.3 Å². The summed E-state index contributed by atoms with van der Waals surface area (Å²) in [6.45, 7) is 22.9. The smallest absolute Gasteiger partial charge is 0.00568 e. The Morgan fingerprint density at radius 1 is 0.935 bits per heavy atom. The fourth-order valence-corrected chi connectivity index (χ4v) is 9.66. The zero-order valence-corrected chi connectivity index (χ0v) is 22.5. The lowest BCUT2D eigenvalue weighted by atomic mass is 9.42. The van der Waals surface area contributed by atoms with Crippen LogP contribution in [0.25, 0.3) is 0 Å². The van der Waals surface area contributed by atoms with E-state index in [0.29, 0.717) is 21.7 Å². The van der Waals surface area contributed by atoms with E-state index in [0.717, 1.165) is 23.7 Å². The topological polar surface area (TPSA) is 0 Å². The van der Waals surface area contributed by atoms with Crippen LogP contribution in [0.1, 0.15) is 127 Å². The van der Waals surface area contributed by atoms with Crippen LogP contribution >= 0.6 is 0 Å². The number of hydrogen-bond acceptors (Lipinski definition) is 0. The Balaban J connectivity index is 1.65. The third-order valence-corrected chi connectivity index (χ3v) is 12.2. The Labute approximate surface area is 194 Å². The quantitative estimate of drug-likeness (QED) is 0.394. The molecule has 0 heteroatoms. The van der Waals surface area contributed by atoms with Crippen LogP contribution < -0.4 is 0 Å². The summed E-state index contributed by atoms with van der Waals surface area (Å²) in [5.74, 6) is 3.52. The molecule has 0 aromatic rings. The Bertz CT molecular complexity index is 761. The van der Waals surface area contributed by atoms with E-state index in [2.05, 4.69) is 68.4 Å². The molecule has 0 saturated heterocycles. The highest BCUT2D eigenvalue weighted by molar-refractivity contribution is 5.38. The van der Waals surface area contributed by atoms with Crippen LogP contribution in [-0.4, -0.2) is 0 Å². The average molecular weight is 425 g/mol. The van der Waals surface area contributed by atoms with Gasteiger partial charge < -0.3 is 0 Å². The molecule has 2 fully saturated rings. The van der Waals surface area contributed by atoms with Gasteiger partial charge in [0.15, 0.2) is 0 Å². The first-order chi connectivity index (χ1) is 14.4. The fraction of sp³-hybridized carbons (Fsp3) is 0.871. The highest BCUT2D eigenvalue weighted by Gasteiger charge is 2.62. The maximum atomic E-state index is 2.72. The molecule has 0 aromatic carbocycles. The number of allylic oxidation sites excluding steroid dienone is 4. The van der Waals surface area contributed by atoms with Gasteiger partial charge in [0.2, 0.25) is 0 Å². The first-order valence-corrected chi connectivity index (χ1v) is 13.7. The Kier molecular flexibility index (Phi) is 5.92. The van der Waals surface area contributed by atoms with Gasteiger partial charge in [0.05, 0.1) is 0 Å². The largest absolute Gasteiger partial charge is 0.0859 e. The molecule has 0 aromatic heterocycles. The van der Waals surface area contributed by atoms with Crippen molar-refractivity contribution < 1.29 is 0 Å². The minimum absolute atomic E-state index is 0.456. The second-order valence-corrected chi connectivity index (χ2v) is 14.0. The van der Waals surface area contributed by atoms with Gasteiger partial charge >= 0.3 is 0 Å². The molecule has 4 rings (SSSR count). The van der Waals surface area contributed by atoms with Crippen LogP contribution in [0.15, 0.2) is 22.8 Å². The first kappa shape index (κ1) is 23.6. The number of fused-ring (bicyclic) bond motifs is 4. The van der Waals surface area contributed by atoms with Crippen molar-refractivity contribution in [2.45, 2.75) is 127 Å². The Morgan fingerprint density at radius 3 is 2.32 bits per heavy atom. The van der Waals surface area contributed by atoms with E-state index in [1.54, 1.807) is 0 Å². The van der Waals surface area contributed by atoms with Crippen molar-refractivity contribution in [1.82, 2.24) is 0 Å². The van der Waals surface area contributed by atoms with Crippen LogP contribution in [0, 0.1) is 45.3 Å². The Morgan fingerprint density at radius 2 is 1.65 bits per heavy atom. The van der Waals surface area contributed by atoms with Gasteiger partial charge in [0.1, 0.15) is 0 Å². The monoisotopic (exact) mass is 424 g/mol. The van der Waals surface area contributed by atoms with Gasteiger partial charge in [0.25, 0.3) is 0 Å². The van der Waals surface area contributed by atoms with Gasteiger partial charge in [-0.15, -0.1) is 0 Å². The van der Waals surface area contributed by atoms with E-state index < -0.39 is 0 Å². The van der Waals surface area contributed by atoms with Gasteiger partial charge in [-0.25, -0.2) is 0 Å². The van der Waals surface area contributed by atoms with E-state index >= 15 is 0 Å². The lowest BCUT2D eigenvalue weighted by Crippen LogP contribution is -2.53. The van der Waals surface area contributed by atoms with Crippen molar-refractivity contribution in [2.75, 3.05) is 0 Å². The molecule has 0 N–H and O–H groups in total. The van der Waals surface area contributed by atoms with E-state index in [9.17, 15) is 0 Å². The number of hydrogen-bond donors (Lipinski definition) is 0. The molecule has 2 saturated carbocycles. The van der Waals surface area contributed by atoms with Crippen LogP contribution in [-0.2, 0) is 0 Å². The van der Waals surface area contributed by atoms with Gasteiger partial charge in [-0.3, -0.25) is 0 Å². The van der Waals surface area contributed by atoms with Gasteiger partial charge in [-0.05, 0) is 123 Å². The zero-order valence-electron chi connectivity index (χ0n) is 22.5. The molecular weight excluding hydrogens is 372 g/mol. The molecule has 4 aliphatic rings. The minimum atomic E-state index is 0.456. The second kappa shape index (κ2) is 7.77. The lowest BCUT2D eigenvalue weighted by molar-refractivity contribution is -0.0482. The average Bonchev–Trinajstić information content (AvgIpc) is 2.96. The van der Waals surface area contributed by atoms with Crippen molar-refractivity contribution in [3.05, 3.63) is 22.8 Å². The molecule has 4 aliphatic carbocycles. The van der Waals surface area contributed by atoms with Crippen molar-refractivity contribution >= 4 is 0 Å². The fourth-order valence-electron chi connectivity index (χ4n) is 9.66. The minimum Gasteiger partial charge on any atom is -0.0859 e. The summed E-state index contributed by atoms with van der Waals surface area (Å²) in [4.78, 5) is 0. The molecule has 0 amide bonds. The van der Waals surface area contributed by atoms with Gasteiger partial charge in [-0.1, -0.05) is 71.3 Å². The molecular formula is C31H52. The van der Waals surface area contributed by atoms with Gasteiger partial charge in [0, 0.05) is 0 Å². The normalized spacial score (nSPS) is 44.9. The predicted molar refractivity (Wildman–Crippen MR) is 136 cm³/mol. The molecule has 7 atom stereocenters. The van der Waals surface area contributed by atoms with Crippen molar-refractivity contribution in [1.29, 1.82) is 0 Å². The van der Waals surface area contributed by atoms with Crippen molar-refractivity contribution in [3.63, 3.8) is 0 Å². The summed E-state index contributed by atoms with van der Waals surface area (Å²) in [6.07, 6.45) is 16.6. The van der Waals surface area contributed by atoms with E-state index in [4.69, 9.17) is 0 Å². The third kappa shape index (κ3) is 3.35. The SMILES string of the molecule is CC(C)=CCC[C@@H](C)C1CC[C@@]2(C)C3=C(CCC12C)C1(C)CCC(C)C(C)(C)C1CC3. The maximum absolute atomic E-state index is 2.72. The summed E-state index contributed by atoms with van der Waals surface area (Å²) in [5.41, 5.74) is 7.34. The first-order valence-electron chi connectivity index (χ1n) is 13.7. The molecule has 176 valence electrons. The van der Waals surface area contributed by atoms with Gasteiger partial charge in [-0.2, -0.15) is 0 Å². The van der Waals surface area contributed by atoms with E-state index in [1.807, 2.05) is 11.1 Å². The summed E-state index contributed by atoms with van der Waals surface area (Å²) < 4.78 is 0. The molecule has 0 heterocycles. The lowest BCUT2D eigenvalue weighted by Gasteiger charge is -2.62. The second-order valence-electron chi connectivity index (χ2n) is 14.0. The number of rotatable bonds is 4. The van der Waals surface area contributed by atoms with Crippen LogP contribution in [0.4, 0.5) is 0 Å². The van der Waals surface area contributed by atoms with E-state index in [-0.39, 0.29) is 0 Å². The maximum Gasteiger partial charge on any atom is -0.00568 e. The van der Waals surface area contributed by atoms with Crippen LogP contribution in [0.5, 0.6) is 0 Å². The summed E-state index contributed by atoms with van der Waals surface area (Å²) >= 11 is 0. The summed E-state index contributed by atoms with van der Waals surface area (Å²) in [6, 6.07) is 0. The van der Waals surface area contributed by atoms with Crippen molar-refractivity contribution in [3.8, 4) is 0 Å². The predicted octanol–water partition coefficient (Wildman–Crippen LogP) is 9.75. The van der Waals surface area contributed by atoms with E-state index in [1.165, 1.54) is 69.8 Å². The van der Waals surface area contributed by atoms with Crippen LogP contribution in [0.3, 0.4) is 0 Å². The van der Waals surface area contributed by atoms with Crippen LogP contribution in [0.2, 0.25) is 0 Å². The molecule has 0 spiro atoms. The molecule has 0 nitrogen and oxygen atoms in total. The third-order valence-electron chi connectivity index (χ3n) is 12.2. The molecule has 0 radical (unpaired) electrons. The zero-order chi connectivity index (χ0) is 22.8. The molecule has 31 heavy (non-hydrogen) atoms. The molecule has 0 aliphatic heterocycles. The standard InChI is InChI=1S/C31H52/c1-21(2)11-10-12-22(3)24-16-19-31(9)26-13-14-27-28(5,6)23(4)15-18-29(27,7)25(26)17-20-30(24,31)8/h11,22-24,27H,10,12-20H2,1-9H3/t22-,23?,24?,27?,29?,30?,31+/m1/s1.